The van der Waals surface area contributed by atoms with Crippen LogP contribution in [0.5, 0.6) is 5.75 Å². The molecule has 0 spiro atoms. The zero-order valence-electron chi connectivity index (χ0n) is 17.6. The Bertz CT molecular complexity index is 922. The molecule has 180 valence electrons. The molecule has 2 rings (SSSR count). The maximum Gasteiger partial charge on any atom is 0.408 e. The Morgan fingerprint density at radius 2 is 1.59 bits per heavy atom. The summed E-state index contributed by atoms with van der Waals surface area (Å²) in [6.45, 7) is 0.764. The number of ether oxygens (including phenoxy) is 2. The van der Waals surface area contributed by atoms with Crippen LogP contribution in [0.25, 0.3) is 0 Å². The minimum atomic E-state index is -4.76. The molecule has 0 fully saturated rings. The molecule has 32 heavy (non-hydrogen) atoms. The van der Waals surface area contributed by atoms with Gasteiger partial charge in [-0.05, 0) is 48.2 Å². The number of benzene rings is 2. The normalized spacial score (nSPS) is 13.8. The number of alkyl halides is 3. The Labute approximate surface area is 191 Å². The molecule has 11 heteroatoms. The summed E-state index contributed by atoms with van der Waals surface area (Å²) in [5.74, 6) is 0.191. The first kappa shape index (κ1) is 28.2. The second kappa shape index (κ2) is 12.4. The zero-order chi connectivity index (χ0) is 23.1. The lowest BCUT2D eigenvalue weighted by Crippen LogP contribution is -2.37. The van der Waals surface area contributed by atoms with Crippen LogP contribution in [0, 0.1) is 11.7 Å². The van der Waals surface area contributed by atoms with Gasteiger partial charge in [0.2, 0.25) is 10.0 Å². The molecular formula is C21H26ClF4NO4S. The van der Waals surface area contributed by atoms with Crippen LogP contribution in [0.4, 0.5) is 17.6 Å². The quantitative estimate of drug-likeness (QED) is 0.456. The van der Waals surface area contributed by atoms with Crippen LogP contribution < -0.4 is 9.46 Å². The number of methoxy groups -OCH3 is 1. The number of hydrogen-bond acceptors (Lipinski definition) is 4. The van der Waals surface area contributed by atoms with Crippen molar-refractivity contribution in [2.45, 2.75) is 25.1 Å². The third-order valence-corrected chi connectivity index (χ3v) is 5.18. The van der Waals surface area contributed by atoms with Crippen LogP contribution in [0.1, 0.15) is 23.6 Å². The first-order valence-corrected chi connectivity index (χ1v) is 11.4. The predicted molar refractivity (Wildman–Crippen MR) is 116 cm³/mol. The van der Waals surface area contributed by atoms with Crippen LogP contribution >= 0.6 is 12.4 Å². The summed E-state index contributed by atoms with van der Waals surface area (Å²) in [4.78, 5) is 0. The maximum absolute atomic E-state index is 13.2. The molecule has 0 bridgehead atoms. The minimum Gasteiger partial charge on any atom is -0.493 e. The number of halogens is 5. The smallest absolute Gasteiger partial charge is 0.408 e. The molecule has 2 aromatic carbocycles. The highest BCUT2D eigenvalue weighted by Gasteiger charge is 2.42. The van der Waals surface area contributed by atoms with Gasteiger partial charge in [-0.3, -0.25) is 0 Å². The van der Waals surface area contributed by atoms with Crippen molar-refractivity contribution >= 4 is 22.4 Å². The average Bonchev–Trinajstić information content (AvgIpc) is 2.68. The van der Waals surface area contributed by atoms with Crippen molar-refractivity contribution in [3.05, 3.63) is 65.5 Å². The molecule has 0 radical (unpaired) electrons. The van der Waals surface area contributed by atoms with Gasteiger partial charge in [0.1, 0.15) is 17.6 Å². The molecule has 1 unspecified atom stereocenters. The summed E-state index contributed by atoms with van der Waals surface area (Å²) in [6.07, 6.45) is -2.86. The van der Waals surface area contributed by atoms with Crippen LogP contribution in [0.15, 0.2) is 48.5 Å². The van der Waals surface area contributed by atoms with Crippen molar-refractivity contribution in [3.8, 4) is 5.75 Å². The Hall–Kier alpha value is -1.88. The Kier molecular flexibility index (Phi) is 10.9. The minimum absolute atomic E-state index is 0. The van der Waals surface area contributed by atoms with Crippen molar-refractivity contribution in [1.82, 2.24) is 4.72 Å². The fraction of sp³-hybridized carbons (Fsp3) is 0.429. The van der Waals surface area contributed by atoms with E-state index in [1.54, 1.807) is 24.0 Å². The number of nitrogens with one attached hydrogen (secondary N) is 1. The first-order valence-electron chi connectivity index (χ1n) is 9.48. The average molecular weight is 500 g/mol. The van der Waals surface area contributed by atoms with Gasteiger partial charge in [0.05, 0.1) is 19.5 Å². The van der Waals surface area contributed by atoms with Gasteiger partial charge in [-0.15, -0.1) is 12.4 Å². The molecule has 0 saturated carbocycles. The van der Waals surface area contributed by atoms with Gasteiger partial charge in [0, 0.05) is 13.0 Å². The molecule has 0 aliphatic heterocycles. The summed E-state index contributed by atoms with van der Waals surface area (Å²) in [7, 11) is -2.48. The second-order valence-corrected chi connectivity index (χ2v) is 9.01. The lowest BCUT2D eigenvalue weighted by Gasteiger charge is -2.21. The van der Waals surface area contributed by atoms with Gasteiger partial charge in [-0.2, -0.15) is 17.9 Å². The van der Waals surface area contributed by atoms with Crippen LogP contribution in [-0.4, -0.2) is 41.2 Å². The topological polar surface area (TPSA) is 64.6 Å². The lowest BCUT2D eigenvalue weighted by molar-refractivity contribution is -0.153. The molecule has 0 aromatic heterocycles. The van der Waals surface area contributed by atoms with Gasteiger partial charge in [-0.1, -0.05) is 24.3 Å². The molecule has 0 amide bonds. The molecule has 0 heterocycles. The van der Waals surface area contributed by atoms with E-state index in [1.165, 1.54) is 36.4 Å². The standard InChI is InChI=1S/C21H25F4NO4S.ClH/c1-29-13-16(14-30-19-11-9-18(22)10-12-19)4-3-15-5-7-17(8-6-15)20(21(23,24)25)26-31(2,27)28;/h5-12,16,20,26H,3-4,13-14H2,1-2H3;1H/t16?,20-;/m0./s1. The van der Waals surface area contributed by atoms with Crippen LogP contribution in [-0.2, 0) is 21.2 Å². The highest BCUT2D eigenvalue weighted by atomic mass is 35.5. The van der Waals surface area contributed by atoms with Crippen molar-refractivity contribution in [2.24, 2.45) is 5.92 Å². The van der Waals surface area contributed by atoms with E-state index >= 15 is 0 Å². The monoisotopic (exact) mass is 499 g/mol. The highest BCUT2D eigenvalue weighted by molar-refractivity contribution is 7.88. The van der Waals surface area contributed by atoms with Crippen LogP contribution in [0.3, 0.4) is 0 Å². The maximum atomic E-state index is 13.2. The van der Waals surface area contributed by atoms with Gasteiger partial charge in [0.25, 0.3) is 0 Å². The molecular weight excluding hydrogens is 474 g/mol. The van der Waals surface area contributed by atoms with E-state index in [-0.39, 0.29) is 29.7 Å². The third-order valence-electron chi connectivity index (χ3n) is 4.52. The van der Waals surface area contributed by atoms with E-state index in [4.69, 9.17) is 9.47 Å². The molecule has 0 saturated heterocycles. The lowest BCUT2D eigenvalue weighted by atomic mass is 9.98. The molecule has 2 atom stereocenters. The van der Waals surface area contributed by atoms with E-state index < -0.39 is 22.2 Å². The zero-order valence-corrected chi connectivity index (χ0v) is 19.2. The molecule has 2 aromatic rings. The second-order valence-electron chi connectivity index (χ2n) is 7.23. The Balaban J connectivity index is 0.00000512. The van der Waals surface area contributed by atoms with Crippen LogP contribution in [0.2, 0.25) is 0 Å². The third kappa shape index (κ3) is 9.72. The van der Waals surface area contributed by atoms with Gasteiger partial charge >= 0.3 is 6.18 Å². The molecule has 0 aliphatic rings. The predicted octanol–water partition coefficient (Wildman–Crippen LogP) is 4.67. The van der Waals surface area contributed by atoms with Gasteiger partial charge in [-0.25, -0.2) is 12.8 Å². The molecule has 1 N–H and O–H groups in total. The number of rotatable bonds is 11. The van der Waals surface area contributed by atoms with Crippen molar-refractivity contribution in [2.75, 3.05) is 26.6 Å². The summed E-state index contributed by atoms with van der Waals surface area (Å²) in [5.41, 5.74) is 0.613. The summed E-state index contributed by atoms with van der Waals surface area (Å²) < 4.78 is 87.8. The van der Waals surface area contributed by atoms with E-state index in [0.717, 1.165) is 5.56 Å². The van der Waals surface area contributed by atoms with Crippen molar-refractivity contribution in [3.63, 3.8) is 0 Å². The first-order chi connectivity index (χ1) is 14.5. The fourth-order valence-corrected chi connectivity index (χ4v) is 3.68. The summed E-state index contributed by atoms with van der Waals surface area (Å²) >= 11 is 0. The number of sulfonamides is 1. The molecule has 0 aliphatic carbocycles. The van der Waals surface area contributed by atoms with E-state index in [9.17, 15) is 26.0 Å². The number of aryl methyl sites for hydroxylation is 1. The van der Waals surface area contributed by atoms with Gasteiger partial charge in [0.15, 0.2) is 0 Å². The van der Waals surface area contributed by atoms with Crippen molar-refractivity contribution < 1.29 is 35.5 Å². The SMILES string of the molecule is COCC(CCc1ccc([C@H](NS(C)(=O)=O)C(F)(F)F)cc1)COc1ccc(F)cc1.Cl. The fourth-order valence-electron chi connectivity index (χ4n) is 2.98. The Morgan fingerprint density at radius 1 is 1.00 bits per heavy atom. The summed E-state index contributed by atoms with van der Waals surface area (Å²) in [5, 5.41) is 0. The molecule has 5 nitrogen and oxygen atoms in total. The number of hydrogen-bond donors (Lipinski definition) is 1. The van der Waals surface area contributed by atoms with E-state index in [0.29, 0.717) is 38.1 Å². The largest absolute Gasteiger partial charge is 0.493 e. The van der Waals surface area contributed by atoms with Gasteiger partial charge < -0.3 is 9.47 Å². The van der Waals surface area contributed by atoms with E-state index in [2.05, 4.69) is 0 Å². The van der Waals surface area contributed by atoms with E-state index in [1.807, 2.05) is 0 Å². The highest BCUT2D eigenvalue weighted by Crippen LogP contribution is 2.33. The van der Waals surface area contributed by atoms with Crippen molar-refractivity contribution in [1.29, 1.82) is 0 Å². The Morgan fingerprint density at radius 3 is 2.09 bits per heavy atom. The summed E-state index contributed by atoms with van der Waals surface area (Å²) in [6, 6.07) is 8.98.